The lowest BCUT2D eigenvalue weighted by Gasteiger charge is -2.39. The van der Waals surface area contributed by atoms with E-state index < -0.39 is 17.8 Å². The molecule has 2 aromatic carbocycles. The van der Waals surface area contributed by atoms with Crippen molar-refractivity contribution < 1.29 is 22.7 Å². The molecule has 0 spiro atoms. The molecule has 2 aliphatic heterocycles. The summed E-state index contributed by atoms with van der Waals surface area (Å²) in [5.74, 6) is 1.03. The topological polar surface area (TPSA) is 87.9 Å². The van der Waals surface area contributed by atoms with E-state index in [1.165, 1.54) is 13.0 Å². The quantitative estimate of drug-likeness (QED) is 0.409. The number of anilines is 2. The predicted molar refractivity (Wildman–Crippen MR) is 140 cm³/mol. The third-order valence-electron chi connectivity index (χ3n) is 7.68. The molecule has 1 N–H and O–H groups in total. The van der Waals surface area contributed by atoms with Crippen LogP contribution in [0.2, 0.25) is 0 Å². The Morgan fingerprint density at radius 3 is 2.59 bits per heavy atom. The number of carbonyl (C=O) groups is 1. The van der Waals surface area contributed by atoms with Crippen LogP contribution in [-0.2, 0) is 15.7 Å². The average molecular weight is 540 g/mol. The minimum absolute atomic E-state index is 0.0226. The van der Waals surface area contributed by atoms with Gasteiger partial charge in [-0.1, -0.05) is 12.1 Å². The number of hydrogen-bond donors (Lipinski definition) is 1. The number of amides is 1. The highest BCUT2D eigenvalue weighted by atomic mass is 19.4. The standard InChI is InChI=1S/C27H28F3N7O2/c1-16-20(4-3-5-22(16)27(28,29)30)17(2)32-24-21-12-19(6-7-23(21)37-15-31-34-26(37)33-24)35-8-10-36(11-9-35)25(38)18-13-39-14-18/h3-7,12,15,17-18H,8-11,13-14H2,1-2H3,(H,32,33,34). The predicted octanol–water partition coefficient (Wildman–Crippen LogP) is 4.07. The smallest absolute Gasteiger partial charge is 0.380 e. The second-order valence-electron chi connectivity index (χ2n) is 10.1. The van der Waals surface area contributed by atoms with Crippen LogP contribution in [-0.4, -0.2) is 69.8 Å². The first-order valence-corrected chi connectivity index (χ1v) is 12.9. The molecule has 2 saturated heterocycles. The van der Waals surface area contributed by atoms with E-state index in [4.69, 9.17) is 4.74 Å². The Hall–Kier alpha value is -3.93. The molecule has 2 aliphatic rings. The zero-order valence-corrected chi connectivity index (χ0v) is 21.6. The van der Waals surface area contributed by atoms with E-state index in [-0.39, 0.29) is 17.4 Å². The Labute approximate surface area is 222 Å². The molecule has 4 heterocycles. The van der Waals surface area contributed by atoms with Gasteiger partial charge < -0.3 is 19.9 Å². The number of halogens is 3. The first-order valence-electron chi connectivity index (χ1n) is 12.9. The van der Waals surface area contributed by atoms with Crippen molar-refractivity contribution in [3.8, 4) is 0 Å². The highest BCUT2D eigenvalue weighted by Gasteiger charge is 2.34. The Morgan fingerprint density at radius 2 is 1.90 bits per heavy atom. The number of hydrogen-bond acceptors (Lipinski definition) is 7. The van der Waals surface area contributed by atoms with E-state index in [0.717, 1.165) is 22.7 Å². The molecule has 1 unspecified atom stereocenters. The summed E-state index contributed by atoms with van der Waals surface area (Å²) in [6.45, 7) is 6.96. The van der Waals surface area contributed by atoms with E-state index in [1.54, 1.807) is 16.8 Å². The number of ether oxygens (including phenoxy) is 1. The molecule has 12 heteroatoms. The number of carbonyl (C=O) groups excluding carboxylic acids is 1. The molecular weight excluding hydrogens is 511 g/mol. The van der Waals surface area contributed by atoms with Crippen molar-refractivity contribution in [3.63, 3.8) is 0 Å². The normalized spacial score (nSPS) is 17.5. The van der Waals surface area contributed by atoms with E-state index >= 15 is 0 Å². The van der Waals surface area contributed by atoms with Gasteiger partial charge in [0.2, 0.25) is 5.91 Å². The summed E-state index contributed by atoms with van der Waals surface area (Å²) in [6, 6.07) is 9.77. The number of nitrogens with zero attached hydrogens (tertiary/aromatic N) is 6. The van der Waals surface area contributed by atoms with E-state index in [1.807, 2.05) is 30.0 Å². The SMILES string of the molecule is Cc1c(C(C)Nc2nc3nncn3c3ccc(N4CCN(C(=O)C5COC5)CC4)cc23)cccc1C(F)(F)F. The molecule has 4 aromatic rings. The second-order valence-corrected chi connectivity index (χ2v) is 10.1. The van der Waals surface area contributed by atoms with Gasteiger partial charge in [0.05, 0.1) is 36.3 Å². The van der Waals surface area contributed by atoms with Gasteiger partial charge >= 0.3 is 6.18 Å². The lowest BCUT2D eigenvalue weighted by molar-refractivity contribution is -0.150. The summed E-state index contributed by atoms with van der Waals surface area (Å²) >= 11 is 0. The molecule has 2 fully saturated rings. The number of piperazine rings is 1. The Bertz CT molecular complexity index is 1540. The lowest BCUT2D eigenvalue weighted by Crippen LogP contribution is -2.53. The fourth-order valence-electron chi connectivity index (χ4n) is 5.40. The number of fused-ring (bicyclic) bond motifs is 3. The van der Waals surface area contributed by atoms with Crippen LogP contribution >= 0.6 is 0 Å². The molecule has 0 bridgehead atoms. The molecule has 204 valence electrons. The van der Waals surface area contributed by atoms with Crippen LogP contribution in [0.5, 0.6) is 0 Å². The van der Waals surface area contributed by atoms with Crippen LogP contribution < -0.4 is 10.2 Å². The number of nitrogens with one attached hydrogen (secondary N) is 1. The fourth-order valence-corrected chi connectivity index (χ4v) is 5.40. The number of rotatable bonds is 5. The van der Waals surface area contributed by atoms with Crippen LogP contribution in [0, 0.1) is 12.8 Å². The van der Waals surface area contributed by atoms with Crippen molar-refractivity contribution in [2.24, 2.45) is 5.92 Å². The largest absolute Gasteiger partial charge is 0.416 e. The van der Waals surface area contributed by atoms with Crippen molar-refractivity contribution >= 4 is 34.1 Å². The van der Waals surface area contributed by atoms with Crippen LogP contribution in [0.3, 0.4) is 0 Å². The first kappa shape index (κ1) is 25.4. The number of alkyl halides is 3. The summed E-state index contributed by atoms with van der Waals surface area (Å²) in [5, 5.41) is 12.2. The van der Waals surface area contributed by atoms with Gasteiger partial charge in [-0.2, -0.15) is 18.2 Å². The molecule has 0 radical (unpaired) electrons. The summed E-state index contributed by atoms with van der Waals surface area (Å²) in [6.07, 6.45) is -2.84. The summed E-state index contributed by atoms with van der Waals surface area (Å²) in [7, 11) is 0. The first-order chi connectivity index (χ1) is 18.7. The van der Waals surface area contributed by atoms with Gasteiger partial charge in [-0.3, -0.25) is 9.20 Å². The highest BCUT2D eigenvalue weighted by molar-refractivity contribution is 5.94. The van der Waals surface area contributed by atoms with Gasteiger partial charge in [-0.25, -0.2) is 0 Å². The highest BCUT2D eigenvalue weighted by Crippen LogP contribution is 2.36. The van der Waals surface area contributed by atoms with Crippen LogP contribution in [0.25, 0.3) is 16.7 Å². The molecular formula is C27H28F3N7O2. The minimum atomic E-state index is -4.43. The lowest BCUT2D eigenvalue weighted by atomic mass is 9.97. The van der Waals surface area contributed by atoms with Gasteiger partial charge in [0.1, 0.15) is 12.1 Å². The van der Waals surface area contributed by atoms with Crippen LogP contribution in [0.4, 0.5) is 24.7 Å². The molecule has 9 nitrogen and oxygen atoms in total. The van der Waals surface area contributed by atoms with Gasteiger partial charge in [0.25, 0.3) is 5.78 Å². The molecule has 1 atom stereocenters. The molecule has 6 rings (SSSR count). The number of benzene rings is 2. The Kier molecular flexibility index (Phi) is 6.29. The average Bonchev–Trinajstić information content (AvgIpc) is 3.35. The maximum atomic E-state index is 13.5. The number of aromatic nitrogens is 4. The Balaban J connectivity index is 1.30. The summed E-state index contributed by atoms with van der Waals surface area (Å²) in [5.41, 5.74) is 1.86. The van der Waals surface area contributed by atoms with Crippen molar-refractivity contribution in [1.82, 2.24) is 24.5 Å². The maximum absolute atomic E-state index is 13.5. The van der Waals surface area contributed by atoms with E-state index in [9.17, 15) is 18.0 Å². The van der Waals surface area contributed by atoms with Gasteiger partial charge in [0.15, 0.2) is 0 Å². The zero-order chi connectivity index (χ0) is 27.3. The van der Waals surface area contributed by atoms with E-state index in [0.29, 0.717) is 56.6 Å². The van der Waals surface area contributed by atoms with Crippen molar-refractivity contribution in [1.29, 1.82) is 0 Å². The van der Waals surface area contributed by atoms with Crippen LogP contribution in [0.15, 0.2) is 42.7 Å². The maximum Gasteiger partial charge on any atom is 0.416 e. The van der Waals surface area contributed by atoms with Crippen molar-refractivity contribution in [3.05, 3.63) is 59.4 Å². The molecule has 2 aromatic heterocycles. The molecule has 0 saturated carbocycles. The third-order valence-corrected chi connectivity index (χ3v) is 7.68. The monoisotopic (exact) mass is 539 g/mol. The van der Waals surface area contributed by atoms with Gasteiger partial charge in [-0.05, 0) is 49.2 Å². The van der Waals surface area contributed by atoms with Crippen molar-refractivity contribution in [2.45, 2.75) is 26.1 Å². The summed E-state index contributed by atoms with van der Waals surface area (Å²) < 4.78 is 47.5. The molecule has 1 amide bonds. The second kappa shape index (κ2) is 9.67. The van der Waals surface area contributed by atoms with Crippen LogP contribution in [0.1, 0.15) is 29.7 Å². The van der Waals surface area contributed by atoms with Gasteiger partial charge in [0, 0.05) is 37.3 Å². The van der Waals surface area contributed by atoms with Gasteiger partial charge in [-0.15, -0.1) is 10.2 Å². The minimum Gasteiger partial charge on any atom is -0.380 e. The Morgan fingerprint density at radius 1 is 1.13 bits per heavy atom. The molecule has 0 aliphatic carbocycles. The third kappa shape index (κ3) is 4.62. The van der Waals surface area contributed by atoms with Crippen molar-refractivity contribution in [2.75, 3.05) is 49.6 Å². The molecule has 39 heavy (non-hydrogen) atoms. The van der Waals surface area contributed by atoms with E-state index in [2.05, 4.69) is 25.4 Å². The zero-order valence-electron chi connectivity index (χ0n) is 21.6. The summed E-state index contributed by atoms with van der Waals surface area (Å²) in [4.78, 5) is 21.4. The fraction of sp³-hybridized carbons (Fsp3) is 0.407.